The molecule has 2 aromatic heterocycles. The van der Waals surface area contributed by atoms with Crippen LogP contribution in [0.4, 0.5) is 0 Å². The highest BCUT2D eigenvalue weighted by atomic mass is 15.2. The molecule has 5 heteroatoms. The minimum atomic E-state index is 0.714. The monoisotopic (exact) mass is 349 g/mol. The normalized spacial score (nSPS) is 12.6. The molecule has 0 aliphatic carbocycles. The second kappa shape index (κ2) is 8.85. The summed E-state index contributed by atoms with van der Waals surface area (Å²) in [7, 11) is 1.90. The first-order chi connectivity index (χ1) is 12.5. The van der Waals surface area contributed by atoms with E-state index in [1.54, 1.807) is 10.8 Å². The second-order valence-corrected chi connectivity index (χ2v) is 6.03. The molecule has 5 nitrogen and oxygen atoms in total. The highest BCUT2D eigenvalue weighted by Crippen LogP contribution is 2.23. The van der Waals surface area contributed by atoms with Crippen molar-refractivity contribution in [1.29, 1.82) is 0 Å². The van der Waals surface area contributed by atoms with Crippen molar-refractivity contribution in [3.8, 4) is 11.3 Å². The van der Waals surface area contributed by atoms with Crippen LogP contribution in [-0.2, 0) is 7.05 Å². The van der Waals surface area contributed by atoms with E-state index in [0.717, 1.165) is 29.2 Å². The first-order valence-electron chi connectivity index (χ1n) is 8.65. The van der Waals surface area contributed by atoms with E-state index in [1.807, 2.05) is 55.5 Å². The summed E-state index contributed by atoms with van der Waals surface area (Å²) >= 11 is 0. The molecule has 0 spiro atoms. The molecule has 2 rings (SSSR count). The number of aromatic nitrogens is 4. The number of nitrogens with zero attached hydrogens (tertiary/aromatic N) is 4. The third-order valence-electron chi connectivity index (χ3n) is 3.92. The zero-order valence-corrected chi connectivity index (χ0v) is 16.0. The molecule has 0 atom stereocenters. The fraction of sp³-hybridized carbons (Fsp3) is 0.238. The molecule has 0 radical (unpaired) electrons. The Morgan fingerprint density at radius 3 is 2.69 bits per heavy atom. The molecule has 0 bridgehead atoms. The summed E-state index contributed by atoms with van der Waals surface area (Å²) < 4.78 is 3.78. The SMILES string of the molecule is C=C/C=C(\C=C(/C)CC)NC(=C)c1ncc(-c2cnn(C)c2)n1/C=C\C. The van der Waals surface area contributed by atoms with E-state index in [0.29, 0.717) is 5.70 Å². The number of nitrogens with one attached hydrogen (secondary N) is 1. The molecule has 0 fully saturated rings. The lowest BCUT2D eigenvalue weighted by atomic mass is 10.2. The number of hydrogen-bond donors (Lipinski definition) is 1. The van der Waals surface area contributed by atoms with E-state index in [2.05, 4.69) is 48.5 Å². The Hall–Kier alpha value is -3.08. The predicted molar refractivity (Wildman–Crippen MR) is 110 cm³/mol. The maximum Gasteiger partial charge on any atom is 0.160 e. The quantitative estimate of drug-likeness (QED) is 0.699. The van der Waals surface area contributed by atoms with Crippen molar-refractivity contribution in [3.05, 3.63) is 73.1 Å². The number of imidazole rings is 1. The molecule has 2 heterocycles. The van der Waals surface area contributed by atoms with Crippen LogP contribution < -0.4 is 5.32 Å². The van der Waals surface area contributed by atoms with Crippen LogP contribution in [0.3, 0.4) is 0 Å². The average molecular weight is 349 g/mol. The van der Waals surface area contributed by atoms with Crippen molar-refractivity contribution in [2.24, 2.45) is 7.05 Å². The van der Waals surface area contributed by atoms with Crippen molar-refractivity contribution < 1.29 is 0 Å². The Kier molecular flexibility index (Phi) is 6.55. The minimum Gasteiger partial charge on any atom is -0.353 e. The van der Waals surface area contributed by atoms with Gasteiger partial charge in [0.1, 0.15) is 0 Å². The van der Waals surface area contributed by atoms with Gasteiger partial charge in [-0.1, -0.05) is 37.8 Å². The molecule has 0 unspecified atom stereocenters. The van der Waals surface area contributed by atoms with Gasteiger partial charge in [0.2, 0.25) is 0 Å². The highest BCUT2D eigenvalue weighted by Gasteiger charge is 2.14. The van der Waals surface area contributed by atoms with Crippen molar-refractivity contribution in [1.82, 2.24) is 24.6 Å². The van der Waals surface area contributed by atoms with E-state index < -0.39 is 0 Å². The highest BCUT2D eigenvalue weighted by molar-refractivity contribution is 5.68. The van der Waals surface area contributed by atoms with Gasteiger partial charge in [0.15, 0.2) is 5.82 Å². The molecule has 0 amide bonds. The number of aryl methyl sites for hydroxylation is 1. The van der Waals surface area contributed by atoms with Gasteiger partial charge in [0.05, 0.1) is 23.8 Å². The maximum absolute atomic E-state index is 4.57. The smallest absolute Gasteiger partial charge is 0.160 e. The van der Waals surface area contributed by atoms with Crippen LogP contribution in [0.15, 0.2) is 67.3 Å². The van der Waals surface area contributed by atoms with E-state index in [9.17, 15) is 0 Å². The lowest BCUT2D eigenvalue weighted by Crippen LogP contribution is -2.13. The molecule has 0 aliphatic rings. The first kappa shape index (κ1) is 19.2. The van der Waals surface area contributed by atoms with Gasteiger partial charge >= 0.3 is 0 Å². The molecule has 0 saturated carbocycles. The van der Waals surface area contributed by atoms with Gasteiger partial charge in [0.25, 0.3) is 0 Å². The van der Waals surface area contributed by atoms with Crippen LogP contribution in [-0.4, -0.2) is 19.3 Å². The van der Waals surface area contributed by atoms with Crippen molar-refractivity contribution in [2.45, 2.75) is 27.2 Å². The Morgan fingerprint density at radius 1 is 1.35 bits per heavy atom. The van der Waals surface area contributed by atoms with E-state index in [4.69, 9.17) is 0 Å². The molecule has 1 N–H and O–H groups in total. The Bertz CT molecular complexity index is 874. The summed E-state index contributed by atoms with van der Waals surface area (Å²) in [5.41, 5.74) is 4.88. The summed E-state index contributed by atoms with van der Waals surface area (Å²) in [4.78, 5) is 4.57. The van der Waals surface area contributed by atoms with E-state index >= 15 is 0 Å². The van der Waals surface area contributed by atoms with Crippen LogP contribution in [0.1, 0.15) is 33.0 Å². The van der Waals surface area contributed by atoms with Gasteiger partial charge in [-0.15, -0.1) is 0 Å². The predicted octanol–water partition coefficient (Wildman–Crippen LogP) is 4.76. The topological polar surface area (TPSA) is 47.7 Å². The zero-order valence-electron chi connectivity index (χ0n) is 16.0. The minimum absolute atomic E-state index is 0.714. The third-order valence-corrected chi connectivity index (χ3v) is 3.92. The Balaban J connectivity index is 2.38. The lowest BCUT2D eigenvalue weighted by Gasteiger charge is -2.12. The Labute approximate surface area is 155 Å². The summed E-state index contributed by atoms with van der Waals surface area (Å²) in [5.74, 6) is 0.750. The Morgan fingerprint density at radius 2 is 2.12 bits per heavy atom. The standard InChI is InChI=1S/C21H27N5/c1-7-10-19(12-16(4)9-3)24-17(5)21-22-14-20(26(21)11-8-2)18-13-23-25(6)15-18/h7-8,10-15,24H,1,5,9H2,2-4,6H3/b11-8-,16-12+,19-10+. The van der Waals surface area contributed by atoms with Gasteiger partial charge < -0.3 is 5.32 Å². The molecule has 0 aromatic carbocycles. The van der Waals surface area contributed by atoms with E-state index in [-0.39, 0.29) is 0 Å². The molecule has 2 aromatic rings. The van der Waals surface area contributed by atoms with Gasteiger partial charge in [-0.3, -0.25) is 9.25 Å². The largest absolute Gasteiger partial charge is 0.353 e. The zero-order chi connectivity index (χ0) is 19.1. The van der Waals surface area contributed by atoms with Crippen LogP contribution >= 0.6 is 0 Å². The van der Waals surface area contributed by atoms with Crippen LogP contribution in [0, 0.1) is 0 Å². The van der Waals surface area contributed by atoms with Gasteiger partial charge in [-0.25, -0.2) is 4.98 Å². The lowest BCUT2D eigenvalue weighted by molar-refractivity contribution is 0.768. The summed E-state index contributed by atoms with van der Waals surface area (Å²) in [6.07, 6.45) is 16.3. The van der Waals surface area contributed by atoms with Crippen molar-refractivity contribution in [3.63, 3.8) is 0 Å². The maximum atomic E-state index is 4.57. The molecule has 136 valence electrons. The second-order valence-electron chi connectivity index (χ2n) is 6.03. The summed E-state index contributed by atoms with van der Waals surface area (Å²) in [6, 6.07) is 0. The summed E-state index contributed by atoms with van der Waals surface area (Å²) in [5, 5.41) is 7.60. The summed E-state index contributed by atoms with van der Waals surface area (Å²) in [6.45, 7) is 14.2. The van der Waals surface area contributed by atoms with Gasteiger partial charge in [-0.2, -0.15) is 5.10 Å². The molecular formula is C21H27N5. The van der Waals surface area contributed by atoms with Crippen LogP contribution in [0.2, 0.25) is 0 Å². The number of allylic oxidation sites excluding steroid dienone is 5. The fourth-order valence-electron chi connectivity index (χ4n) is 2.50. The molecule has 26 heavy (non-hydrogen) atoms. The first-order valence-corrected chi connectivity index (χ1v) is 8.65. The van der Waals surface area contributed by atoms with E-state index in [1.165, 1.54) is 5.57 Å². The number of rotatable bonds is 8. The van der Waals surface area contributed by atoms with Gasteiger partial charge in [0, 0.05) is 30.7 Å². The number of hydrogen-bond acceptors (Lipinski definition) is 3. The van der Waals surface area contributed by atoms with Crippen LogP contribution in [0.25, 0.3) is 23.2 Å². The van der Waals surface area contributed by atoms with Crippen molar-refractivity contribution >= 4 is 11.9 Å². The molecular weight excluding hydrogens is 322 g/mol. The molecule has 0 aliphatic heterocycles. The fourth-order valence-corrected chi connectivity index (χ4v) is 2.50. The van der Waals surface area contributed by atoms with Gasteiger partial charge in [-0.05, 0) is 32.4 Å². The average Bonchev–Trinajstić information content (AvgIpc) is 3.21. The molecule has 0 saturated heterocycles. The van der Waals surface area contributed by atoms with Crippen LogP contribution in [0.5, 0.6) is 0 Å². The third kappa shape index (κ3) is 4.51. The van der Waals surface area contributed by atoms with Crippen molar-refractivity contribution in [2.75, 3.05) is 0 Å².